The average Bonchev–Trinajstić information content (AvgIpc) is 2.14. The Labute approximate surface area is 87.2 Å². The minimum atomic E-state index is -1.88. The van der Waals surface area contributed by atoms with Crippen LogP contribution in [0.25, 0.3) is 0 Å². The summed E-state index contributed by atoms with van der Waals surface area (Å²) in [5.74, 6) is -0.281. The van der Waals surface area contributed by atoms with Gasteiger partial charge in [0.1, 0.15) is 5.73 Å². The third kappa shape index (κ3) is 4.06. The number of rotatable bonds is 5. The number of esters is 1. The Morgan fingerprint density at radius 2 is 2.07 bits per heavy atom. The summed E-state index contributed by atoms with van der Waals surface area (Å²) in [4.78, 5) is 11.2. The van der Waals surface area contributed by atoms with Gasteiger partial charge >= 0.3 is 5.97 Å². The lowest BCUT2D eigenvalue weighted by Crippen LogP contribution is -2.46. The molecular weight excluding hydrogens is 196 g/mol. The molecule has 0 fully saturated rings. The molecule has 0 saturated heterocycles. The molecule has 0 aromatic carbocycles. The first-order valence-electron chi connectivity index (χ1n) is 4.86. The van der Waals surface area contributed by atoms with Crippen molar-refractivity contribution in [3.8, 4) is 0 Å². The van der Waals surface area contributed by atoms with Crippen LogP contribution in [-0.2, 0) is 14.0 Å². The Bertz CT molecular complexity index is 211. The minimum absolute atomic E-state index is 0.0730. The van der Waals surface area contributed by atoms with Crippen LogP contribution in [-0.4, -0.2) is 27.1 Å². The summed E-state index contributed by atoms with van der Waals surface area (Å²) in [6.45, 7) is 7.89. The number of carbonyl (C=O) groups excluding carboxylic acids is 1. The number of hydrogen-bond acceptors (Lipinski definition) is 3. The molecule has 3 nitrogen and oxygen atoms in total. The van der Waals surface area contributed by atoms with E-state index in [1.807, 2.05) is 20.0 Å². The van der Waals surface area contributed by atoms with Gasteiger partial charge in [0.15, 0.2) is 0 Å². The zero-order chi connectivity index (χ0) is 11.2. The van der Waals surface area contributed by atoms with Crippen molar-refractivity contribution in [3.63, 3.8) is 0 Å². The fourth-order valence-electron chi connectivity index (χ4n) is 1.16. The van der Waals surface area contributed by atoms with Crippen molar-refractivity contribution in [3.05, 3.63) is 12.2 Å². The topological polar surface area (TPSA) is 35.5 Å². The van der Waals surface area contributed by atoms with Crippen LogP contribution in [0.15, 0.2) is 12.2 Å². The van der Waals surface area contributed by atoms with Gasteiger partial charge in [0.05, 0.1) is 0 Å². The molecule has 0 aliphatic heterocycles. The second-order valence-electron chi connectivity index (χ2n) is 3.64. The summed E-state index contributed by atoms with van der Waals surface area (Å²) < 4.78 is 10.7. The predicted octanol–water partition coefficient (Wildman–Crippen LogP) is 2.28. The van der Waals surface area contributed by atoms with Crippen LogP contribution in [0.2, 0.25) is 13.1 Å². The summed E-state index contributed by atoms with van der Waals surface area (Å²) in [6, 6.07) is 0. The second-order valence-corrected chi connectivity index (χ2v) is 7.90. The molecule has 0 N–H and O–H groups in total. The minimum Gasteiger partial charge on any atom is -0.460 e. The quantitative estimate of drug-likeness (QED) is 0.402. The first kappa shape index (κ1) is 13.4. The molecule has 0 heterocycles. The third-order valence-corrected chi connectivity index (χ3v) is 5.36. The van der Waals surface area contributed by atoms with Crippen molar-refractivity contribution < 1.29 is 14.0 Å². The molecule has 0 aromatic rings. The van der Waals surface area contributed by atoms with E-state index in [0.29, 0.717) is 0 Å². The molecule has 0 aromatic heterocycles. The van der Waals surface area contributed by atoms with Crippen LogP contribution in [0.5, 0.6) is 0 Å². The lowest BCUT2D eigenvalue weighted by Gasteiger charge is -2.28. The second kappa shape index (κ2) is 5.98. The molecule has 0 saturated carbocycles. The summed E-state index contributed by atoms with van der Waals surface area (Å²) in [7, 11) is -0.197. The van der Waals surface area contributed by atoms with Gasteiger partial charge in [-0.05, 0) is 26.4 Å². The standard InChI is InChI=1S/C10H20O3Si/c1-6-8-9(11)13-10(7-2)14(4,5)12-3/h6,8,10H,7H2,1-5H3/b8-6+. The zero-order valence-electron chi connectivity index (χ0n) is 9.66. The molecule has 0 aliphatic rings. The van der Waals surface area contributed by atoms with Crippen LogP contribution >= 0.6 is 0 Å². The maximum absolute atomic E-state index is 11.2. The third-order valence-electron chi connectivity index (χ3n) is 2.23. The summed E-state index contributed by atoms with van der Waals surface area (Å²) in [5, 5.41) is 0. The molecule has 0 aliphatic carbocycles. The Balaban J connectivity index is 4.36. The number of carbonyl (C=O) groups is 1. The monoisotopic (exact) mass is 216 g/mol. The first-order chi connectivity index (χ1) is 6.47. The predicted molar refractivity (Wildman–Crippen MR) is 59.5 cm³/mol. The van der Waals surface area contributed by atoms with E-state index in [4.69, 9.17) is 9.16 Å². The molecule has 4 heteroatoms. The lowest BCUT2D eigenvalue weighted by atomic mass is 10.5. The smallest absolute Gasteiger partial charge is 0.330 e. The molecule has 0 spiro atoms. The highest BCUT2D eigenvalue weighted by Crippen LogP contribution is 2.16. The van der Waals surface area contributed by atoms with Gasteiger partial charge in [-0.25, -0.2) is 4.79 Å². The molecule has 14 heavy (non-hydrogen) atoms. The van der Waals surface area contributed by atoms with E-state index in [1.54, 1.807) is 20.1 Å². The normalized spacial score (nSPS) is 14.4. The molecule has 1 unspecified atom stereocenters. The van der Waals surface area contributed by atoms with Gasteiger partial charge in [0, 0.05) is 13.2 Å². The molecular formula is C10H20O3Si. The van der Waals surface area contributed by atoms with Gasteiger partial charge in [-0.1, -0.05) is 13.0 Å². The molecule has 0 radical (unpaired) electrons. The van der Waals surface area contributed by atoms with Gasteiger partial charge in [-0.2, -0.15) is 0 Å². The Morgan fingerprint density at radius 3 is 2.43 bits per heavy atom. The van der Waals surface area contributed by atoms with E-state index in [2.05, 4.69) is 0 Å². The largest absolute Gasteiger partial charge is 0.460 e. The molecule has 0 rings (SSSR count). The molecule has 0 amide bonds. The Morgan fingerprint density at radius 1 is 1.50 bits per heavy atom. The van der Waals surface area contributed by atoms with Crippen LogP contribution in [0, 0.1) is 0 Å². The van der Waals surface area contributed by atoms with Gasteiger partial charge in [0.25, 0.3) is 0 Å². The van der Waals surface area contributed by atoms with Crippen molar-refractivity contribution in [2.75, 3.05) is 7.11 Å². The van der Waals surface area contributed by atoms with E-state index in [1.165, 1.54) is 6.08 Å². The molecule has 0 bridgehead atoms. The Kier molecular flexibility index (Phi) is 5.72. The first-order valence-corrected chi connectivity index (χ1v) is 7.85. The molecule has 82 valence electrons. The Hall–Kier alpha value is -0.613. The fraction of sp³-hybridized carbons (Fsp3) is 0.700. The number of allylic oxidation sites excluding steroid dienone is 1. The van der Waals surface area contributed by atoms with E-state index < -0.39 is 8.32 Å². The van der Waals surface area contributed by atoms with Gasteiger partial charge in [0.2, 0.25) is 8.32 Å². The van der Waals surface area contributed by atoms with E-state index in [0.717, 1.165) is 6.42 Å². The van der Waals surface area contributed by atoms with Crippen LogP contribution in [0.3, 0.4) is 0 Å². The highest BCUT2D eigenvalue weighted by molar-refractivity contribution is 6.72. The SMILES string of the molecule is C/C=C/C(=O)OC(CC)[Si](C)(C)OC. The number of hydrogen-bond donors (Lipinski definition) is 0. The summed E-state index contributed by atoms with van der Waals surface area (Å²) >= 11 is 0. The van der Waals surface area contributed by atoms with Crippen molar-refractivity contribution in [2.24, 2.45) is 0 Å². The van der Waals surface area contributed by atoms with Crippen LogP contribution in [0.4, 0.5) is 0 Å². The van der Waals surface area contributed by atoms with Crippen LogP contribution in [0.1, 0.15) is 20.3 Å². The highest BCUT2D eigenvalue weighted by Gasteiger charge is 2.34. The zero-order valence-corrected chi connectivity index (χ0v) is 10.7. The molecule has 1 atom stereocenters. The highest BCUT2D eigenvalue weighted by atomic mass is 28.4. The lowest BCUT2D eigenvalue weighted by molar-refractivity contribution is -0.140. The van der Waals surface area contributed by atoms with E-state index in [-0.39, 0.29) is 11.7 Å². The van der Waals surface area contributed by atoms with E-state index >= 15 is 0 Å². The van der Waals surface area contributed by atoms with Crippen molar-refractivity contribution in [1.82, 2.24) is 0 Å². The van der Waals surface area contributed by atoms with Gasteiger partial charge in [-0.15, -0.1) is 0 Å². The van der Waals surface area contributed by atoms with Gasteiger partial charge < -0.3 is 9.16 Å². The summed E-state index contributed by atoms with van der Waals surface area (Å²) in [6.07, 6.45) is 3.91. The van der Waals surface area contributed by atoms with Gasteiger partial charge in [-0.3, -0.25) is 0 Å². The maximum Gasteiger partial charge on any atom is 0.330 e. The van der Waals surface area contributed by atoms with Crippen molar-refractivity contribution in [1.29, 1.82) is 0 Å². The van der Waals surface area contributed by atoms with Crippen molar-refractivity contribution >= 4 is 14.3 Å². The summed E-state index contributed by atoms with van der Waals surface area (Å²) in [5.41, 5.74) is -0.0730. The number of ether oxygens (including phenoxy) is 1. The van der Waals surface area contributed by atoms with Crippen LogP contribution < -0.4 is 0 Å². The average molecular weight is 216 g/mol. The maximum atomic E-state index is 11.2. The van der Waals surface area contributed by atoms with E-state index in [9.17, 15) is 4.79 Å². The fourth-order valence-corrected chi connectivity index (χ4v) is 2.81. The van der Waals surface area contributed by atoms with Crippen molar-refractivity contribution in [2.45, 2.75) is 39.1 Å².